The van der Waals surface area contributed by atoms with Crippen LogP contribution >= 0.6 is 0 Å². The topological polar surface area (TPSA) is 86.7 Å². The molecule has 4 aromatic rings. The normalized spacial score (nSPS) is 12.5. The molecule has 0 aliphatic carbocycles. The van der Waals surface area contributed by atoms with E-state index < -0.39 is 5.97 Å². The van der Waals surface area contributed by atoms with Crippen molar-refractivity contribution < 1.29 is 19.5 Å². The zero-order valence-corrected chi connectivity index (χ0v) is 19.5. The molecule has 5 rings (SSSR count). The number of amides is 2. The zero-order valence-electron chi connectivity index (χ0n) is 19.5. The first-order valence-corrected chi connectivity index (χ1v) is 11.8. The summed E-state index contributed by atoms with van der Waals surface area (Å²) in [5.41, 5.74) is 4.68. The minimum absolute atomic E-state index is 0.0735. The predicted octanol–water partition coefficient (Wildman–Crippen LogP) is 5.90. The van der Waals surface area contributed by atoms with E-state index in [-0.39, 0.29) is 17.4 Å². The lowest BCUT2D eigenvalue weighted by Gasteiger charge is -2.29. The number of aromatic carboxylic acids is 1. The monoisotopic (exact) mass is 476 g/mol. The summed E-state index contributed by atoms with van der Waals surface area (Å²) in [6.45, 7) is 0.670. The Morgan fingerprint density at radius 2 is 1.33 bits per heavy atom. The molecule has 1 aliphatic rings. The van der Waals surface area contributed by atoms with Gasteiger partial charge in [0.05, 0.1) is 5.56 Å². The standard InChI is InChI=1S/C30H24N2O4/c33-28(25-12-4-2-10-23(25)24-11-3-5-13-26(24)30(35)36)31-22-17-15-21(16-18-22)29(34)32-19-7-9-20-8-1-6-14-27(20)32/h1-6,8,10-18H,7,9,19H2,(H,31,33)(H,35,36). The maximum absolute atomic E-state index is 13.2. The van der Waals surface area contributed by atoms with Gasteiger partial charge in [0, 0.05) is 29.0 Å². The Bertz CT molecular complexity index is 1460. The highest BCUT2D eigenvalue weighted by atomic mass is 16.4. The molecule has 0 saturated heterocycles. The largest absolute Gasteiger partial charge is 0.478 e. The molecule has 0 atom stereocenters. The van der Waals surface area contributed by atoms with Gasteiger partial charge < -0.3 is 15.3 Å². The van der Waals surface area contributed by atoms with Crippen LogP contribution in [0.2, 0.25) is 0 Å². The summed E-state index contributed by atoms with van der Waals surface area (Å²) in [6.07, 6.45) is 1.88. The summed E-state index contributed by atoms with van der Waals surface area (Å²) < 4.78 is 0. The summed E-state index contributed by atoms with van der Waals surface area (Å²) in [6, 6.07) is 28.3. The summed E-state index contributed by atoms with van der Waals surface area (Å²) in [4.78, 5) is 39.9. The number of anilines is 2. The smallest absolute Gasteiger partial charge is 0.336 e. The number of benzene rings is 4. The average molecular weight is 477 g/mol. The highest BCUT2D eigenvalue weighted by molar-refractivity contribution is 6.11. The van der Waals surface area contributed by atoms with Gasteiger partial charge in [0.25, 0.3) is 11.8 Å². The van der Waals surface area contributed by atoms with E-state index in [1.165, 1.54) is 11.6 Å². The van der Waals surface area contributed by atoms with Gasteiger partial charge in [-0.15, -0.1) is 0 Å². The molecular weight excluding hydrogens is 452 g/mol. The van der Waals surface area contributed by atoms with E-state index in [4.69, 9.17) is 0 Å². The maximum atomic E-state index is 13.2. The van der Waals surface area contributed by atoms with Crippen LogP contribution in [0.4, 0.5) is 11.4 Å². The van der Waals surface area contributed by atoms with Gasteiger partial charge in [-0.1, -0.05) is 54.6 Å². The molecule has 0 saturated carbocycles. The fourth-order valence-corrected chi connectivity index (χ4v) is 4.62. The molecule has 0 radical (unpaired) electrons. The summed E-state index contributed by atoms with van der Waals surface area (Å²) in [7, 11) is 0. The van der Waals surface area contributed by atoms with E-state index >= 15 is 0 Å². The SMILES string of the molecule is O=C(O)c1ccccc1-c1ccccc1C(=O)Nc1ccc(C(=O)N2CCCc3ccccc32)cc1. The number of carboxylic acid groups (broad SMARTS) is 1. The number of para-hydroxylation sites is 1. The second kappa shape index (κ2) is 9.88. The molecule has 6 nitrogen and oxygen atoms in total. The number of nitrogens with one attached hydrogen (secondary N) is 1. The molecule has 4 aromatic carbocycles. The second-order valence-corrected chi connectivity index (χ2v) is 8.62. The van der Waals surface area contributed by atoms with Crippen LogP contribution in [0.3, 0.4) is 0 Å². The Kier molecular flexibility index (Phi) is 6.33. The number of carboxylic acids is 1. The van der Waals surface area contributed by atoms with Gasteiger partial charge in [0.2, 0.25) is 0 Å². The Labute approximate surface area is 208 Å². The van der Waals surface area contributed by atoms with Crippen molar-refractivity contribution in [3.8, 4) is 11.1 Å². The van der Waals surface area contributed by atoms with Crippen LogP contribution in [0, 0.1) is 0 Å². The molecule has 0 bridgehead atoms. The highest BCUT2D eigenvalue weighted by Crippen LogP contribution is 2.30. The van der Waals surface area contributed by atoms with E-state index in [0.717, 1.165) is 18.5 Å². The first kappa shape index (κ1) is 23.1. The van der Waals surface area contributed by atoms with E-state index in [1.54, 1.807) is 66.7 Å². The lowest BCUT2D eigenvalue weighted by Crippen LogP contribution is -2.35. The predicted molar refractivity (Wildman–Crippen MR) is 140 cm³/mol. The van der Waals surface area contributed by atoms with Crippen LogP contribution in [-0.4, -0.2) is 29.4 Å². The van der Waals surface area contributed by atoms with Crippen molar-refractivity contribution in [3.05, 3.63) is 119 Å². The quantitative estimate of drug-likeness (QED) is 0.376. The third-order valence-electron chi connectivity index (χ3n) is 6.36. The number of hydrogen-bond donors (Lipinski definition) is 2. The molecule has 36 heavy (non-hydrogen) atoms. The second-order valence-electron chi connectivity index (χ2n) is 8.62. The molecule has 0 spiro atoms. The number of fused-ring (bicyclic) bond motifs is 1. The summed E-state index contributed by atoms with van der Waals surface area (Å²) in [5.74, 6) is -1.50. The van der Waals surface area contributed by atoms with Crippen LogP contribution in [0.5, 0.6) is 0 Å². The minimum atomic E-state index is -1.06. The van der Waals surface area contributed by atoms with Crippen molar-refractivity contribution >= 4 is 29.2 Å². The maximum Gasteiger partial charge on any atom is 0.336 e. The third-order valence-corrected chi connectivity index (χ3v) is 6.36. The highest BCUT2D eigenvalue weighted by Gasteiger charge is 2.23. The summed E-state index contributed by atoms with van der Waals surface area (Å²) >= 11 is 0. The van der Waals surface area contributed by atoms with Gasteiger partial charge in [-0.25, -0.2) is 4.79 Å². The van der Waals surface area contributed by atoms with Crippen LogP contribution in [0.15, 0.2) is 97.1 Å². The zero-order chi connectivity index (χ0) is 25.1. The first-order valence-electron chi connectivity index (χ1n) is 11.8. The fourth-order valence-electron chi connectivity index (χ4n) is 4.62. The lowest BCUT2D eigenvalue weighted by atomic mass is 9.95. The van der Waals surface area contributed by atoms with Crippen molar-refractivity contribution in [1.82, 2.24) is 0 Å². The molecule has 1 heterocycles. The number of carbonyl (C=O) groups is 3. The Morgan fingerprint density at radius 3 is 2.06 bits per heavy atom. The Morgan fingerprint density at radius 1 is 0.722 bits per heavy atom. The summed E-state index contributed by atoms with van der Waals surface area (Å²) in [5, 5.41) is 12.4. The van der Waals surface area contributed by atoms with Crippen molar-refractivity contribution in [1.29, 1.82) is 0 Å². The average Bonchev–Trinajstić information content (AvgIpc) is 2.92. The molecule has 1 aliphatic heterocycles. The molecule has 178 valence electrons. The van der Waals surface area contributed by atoms with E-state index in [2.05, 4.69) is 11.4 Å². The van der Waals surface area contributed by atoms with Crippen molar-refractivity contribution in [3.63, 3.8) is 0 Å². The van der Waals surface area contributed by atoms with Gasteiger partial charge in [0.1, 0.15) is 0 Å². The van der Waals surface area contributed by atoms with Gasteiger partial charge in [-0.3, -0.25) is 9.59 Å². The molecule has 6 heteroatoms. The van der Waals surface area contributed by atoms with E-state index in [1.807, 2.05) is 23.1 Å². The van der Waals surface area contributed by atoms with Crippen molar-refractivity contribution in [2.45, 2.75) is 12.8 Å². The van der Waals surface area contributed by atoms with Crippen molar-refractivity contribution in [2.75, 3.05) is 16.8 Å². The molecule has 2 N–H and O–H groups in total. The number of nitrogens with zero attached hydrogens (tertiary/aromatic N) is 1. The number of carbonyl (C=O) groups excluding carboxylic acids is 2. The van der Waals surface area contributed by atoms with Crippen molar-refractivity contribution in [2.24, 2.45) is 0 Å². The fraction of sp³-hybridized carbons (Fsp3) is 0.100. The number of rotatable bonds is 5. The van der Waals surface area contributed by atoms with Gasteiger partial charge >= 0.3 is 5.97 Å². The minimum Gasteiger partial charge on any atom is -0.478 e. The molecular formula is C30H24N2O4. The van der Waals surface area contributed by atoms with Crippen LogP contribution in [0.25, 0.3) is 11.1 Å². The third kappa shape index (κ3) is 4.49. The van der Waals surface area contributed by atoms with Crippen LogP contribution < -0.4 is 10.2 Å². The number of hydrogen-bond acceptors (Lipinski definition) is 3. The van der Waals surface area contributed by atoms with Gasteiger partial charge in [0.15, 0.2) is 0 Å². The Balaban J connectivity index is 1.36. The van der Waals surface area contributed by atoms with Gasteiger partial charge in [-0.05, 0) is 72.0 Å². The first-order chi connectivity index (χ1) is 17.5. The molecule has 0 fully saturated rings. The van der Waals surface area contributed by atoms with Gasteiger partial charge in [-0.2, -0.15) is 0 Å². The van der Waals surface area contributed by atoms with E-state index in [9.17, 15) is 19.5 Å². The van der Waals surface area contributed by atoms with Crippen LogP contribution in [-0.2, 0) is 6.42 Å². The molecule has 0 unspecified atom stereocenters. The lowest BCUT2D eigenvalue weighted by molar-refractivity contribution is 0.0697. The number of aryl methyl sites for hydroxylation is 1. The van der Waals surface area contributed by atoms with E-state index in [0.29, 0.717) is 34.5 Å². The van der Waals surface area contributed by atoms with Crippen LogP contribution in [0.1, 0.15) is 43.1 Å². The molecule has 0 aromatic heterocycles. The molecule has 2 amide bonds. The Hall–Kier alpha value is -4.71.